The van der Waals surface area contributed by atoms with E-state index >= 15 is 0 Å². The van der Waals surface area contributed by atoms with Gasteiger partial charge in [0.15, 0.2) is 14.8 Å². The molecule has 0 bridgehead atoms. The summed E-state index contributed by atoms with van der Waals surface area (Å²) >= 11 is 0. The Labute approximate surface area is 194 Å². The van der Waals surface area contributed by atoms with Gasteiger partial charge in [-0.15, -0.1) is 0 Å². The molecule has 2 amide bonds. The second-order valence-electron chi connectivity index (χ2n) is 10.2. The molecule has 0 aromatic carbocycles. The summed E-state index contributed by atoms with van der Waals surface area (Å²) in [6.07, 6.45) is 4.97. The minimum absolute atomic E-state index is 0.00174. The van der Waals surface area contributed by atoms with Crippen LogP contribution in [0.2, 0.25) is 13.1 Å². The van der Waals surface area contributed by atoms with Crippen molar-refractivity contribution in [1.29, 1.82) is 0 Å². The van der Waals surface area contributed by atoms with Crippen LogP contribution in [-0.4, -0.2) is 63.6 Å². The summed E-state index contributed by atoms with van der Waals surface area (Å²) in [7, 11) is -1.21. The van der Waals surface area contributed by atoms with E-state index in [4.69, 9.17) is 9.16 Å². The van der Waals surface area contributed by atoms with Gasteiger partial charge in [-0.3, -0.25) is 9.59 Å². The highest BCUT2D eigenvalue weighted by atomic mass is 28.3. The molecule has 1 N–H and O–H groups in total. The predicted molar refractivity (Wildman–Crippen MR) is 128 cm³/mol. The lowest BCUT2D eigenvalue weighted by Gasteiger charge is -2.46. The molecule has 2 aliphatic rings. The maximum atomic E-state index is 13.0. The van der Waals surface area contributed by atoms with E-state index in [2.05, 4.69) is 45.8 Å². The molecule has 4 atom stereocenters. The van der Waals surface area contributed by atoms with E-state index in [1.54, 1.807) is 11.8 Å². The molecule has 0 unspecified atom stereocenters. The Kier molecular flexibility index (Phi) is 9.27. The van der Waals surface area contributed by atoms with E-state index in [-0.39, 0.29) is 60.1 Å². The summed E-state index contributed by atoms with van der Waals surface area (Å²) in [4.78, 5) is 39.3. The Morgan fingerprint density at radius 3 is 2.59 bits per heavy atom. The lowest BCUT2D eigenvalue weighted by molar-refractivity contribution is -0.143. The van der Waals surface area contributed by atoms with Gasteiger partial charge in [-0.1, -0.05) is 39.5 Å². The van der Waals surface area contributed by atoms with Gasteiger partial charge in [0.2, 0.25) is 5.91 Å². The zero-order valence-corrected chi connectivity index (χ0v) is 21.6. The average molecular weight is 465 g/mol. The smallest absolute Gasteiger partial charge is 0.410 e. The van der Waals surface area contributed by atoms with Crippen molar-refractivity contribution in [1.82, 2.24) is 10.2 Å². The maximum Gasteiger partial charge on any atom is 0.410 e. The van der Waals surface area contributed by atoms with E-state index in [0.717, 1.165) is 12.8 Å². The second-order valence-corrected chi connectivity index (χ2v) is 12.7. The number of likely N-dealkylation sites (tertiary alicyclic amines) is 1. The highest BCUT2D eigenvalue weighted by Gasteiger charge is 2.49. The molecule has 2 rings (SSSR count). The molecule has 0 aliphatic carbocycles. The largest absolute Gasteiger partial charge is 0.445 e. The normalized spacial score (nSPS) is 24.7. The Hall–Kier alpha value is -1.93. The van der Waals surface area contributed by atoms with Crippen molar-refractivity contribution >= 4 is 26.8 Å². The van der Waals surface area contributed by atoms with Crippen LogP contribution in [0.15, 0.2) is 24.3 Å². The summed E-state index contributed by atoms with van der Waals surface area (Å²) in [6.45, 7) is 17.3. The number of Topliss-reactive ketones (excluding diaryl/α,β-unsaturated/α-hetero) is 1. The summed E-state index contributed by atoms with van der Waals surface area (Å²) in [5.74, 6) is -0.169. The fourth-order valence-electron chi connectivity index (χ4n) is 4.43. The number of β-lactam (4-membered cyclic amide) rings is 1. The monoisotopic (exact) mass is 464 g/mol. The number of hydrogen-bond acceptors (Lipinski definition) is 5. The molecule has 2 aliphatic heterocycles. The molecule has 32 heavy (non-hydrogen) atoms. The predicted octanol–water partition coefficient (Wildman–Crippen LogP) is 3.46. The Bertz CT molecular complexity index is 743. The number of ketones is 1. The number of nitrogens with one attached hydrogen (secondary N) is 1. The minimum Gasteiger partial charge on any atom is -0.445 e. The molecule has 180 valence electrons. The van der Waals surface area contributed by atoms with Crippen molar-refractivity contribution in [3.63, 3.8) is 0 Å². The van der Waals surface area contributed by atoms with Crippen molar-refractivity contribution in [3.8, 4) is 0 Å². The standard InChI is InChI=1S/C24H40N2O5Si/c1-8-12-30-23(29)26-11-9-10-17(26)13-16(2)20(27)14-19-21(22(28)25-19)18(24(3,4)5)15-31-32(6)7/h8,13,17-19,21,32H,1,9-12,14-15H2,2-7H3,(H,25,28)/t17-,18+,19+,21-/m0/s1. The SMILES string of the molecule is C=CCOC(=O)N1CCC[C@H]1C=C(C)C(=O)C[C@H]1NC(=O)[C@H]1[C@@H](CO[SiH](C)C)C(C)(C)C. The van der Waals surface area contributed by atoms with Crippen molar-refractivity contribution in [2.75, 3.05) is 19.8 Å². The molecular formula is C24H40N2O5Si. The quantitative estimate of drug-likeness (QED) is 0.232. The van der Waals surface area contributed by atoms with Crippen LogP contribution in [0.3, 0.4) is 0 Å². The summed E-state index contributed by atoms with van der Waals surface area (Å²) in [5, 5.41) is 2.94. The van der Waals surface area contributed by atoms with E-state index in [1.807, 2.05) is 6.08 Å². The molecule has 7 nitrogen and oxygen atoms in total. The fourth-order valence-corrected chi connectivity index (χ4v) is 5.02. The summed E-state index contributed by atoms with van der Waals surface area (Å²) in [6, 6.07) is -0.327. The highest BCUT2D eigenvalue weighted by Crippen LogP contribution is 2.39. The van der Waals surface area contributed by atoms with Gasteiger partial charge >= 0.3 is 6.09 Å². The van der Waals surface area contributed by atoms with Crippen molar-refractivity contribution < 1.29 is 23.5 Å². The van der Waals surface area contributed by atoms with E-state index < -0.39 is 9.04 Å². The van der Waals surface area contributed by atoms with Crippen LogP contribution in [-0.2, 0) is 18.8 Å². The van der Waals surface area contributed by atoms with Gasteiger partial charge in [-0.2, -0.15) is 0 Å². The lowest BCUT2D eigenvalue weighted by Crippen LogP contribution is -2.63. The molecule has 0 aromatic heterocycles. The third-order valence-corrected chi connectivity index (χ3v) is 7.22. The summed E-state index contributed by atoms with van der Waals surface area (Å²) in [5.41, 5.74) is 0.519. The molecular weight excluding hydrogens is 424 g/mol. The molecule has 2 saturated heterocycles. The molecule has 0 aromatic rings. The highest BCUT2D eigenvalue weighted by molar-refractivity contribution is 6.48. The van der Waals surface area contributed by atoms with E-state index in [0.29, 0.717) is 18.7 Å². The third-order valence-electron chi connectivity index (χ3n) is 6.36. The van der Waals surface area contributed by atoms with Crippen LogP contribution in [0.1, 0.15) is 47.0 Å². The Morgan fingerprint density at radius 2 is 2.03 bits per heavy atom. The minimum atomic E-state index is -1.21. The number of allylic oxidation sites excluding steroid dienone is 1. The van der Waals surface area contributed by atoms with Crippen molar-refractivity contribution in [3.05, 3.63) is 24.3 Å². The number of hydrogen-bond donors (Lipinski definition) is 1. The third kappa shape index (κ3) is 6.78. The number of carbonyl (C=O) groups is 3. The first-order chi connectivity index (χ1) is 15.0. The number of rotatable bonds is 10. The lowest BCUT2D eigenvalue weighted by atomic mass is 9.66. The summed E-state index contributed by atoms with van der Waals surface area (Å²) < 4.78 is 11.2. The Morgan fingerprint density at radius 1 is 1.34 bits per heavy atom. The first-order valence-corrected chi connectivity index (χ1v) is 14.4. The van der Waals surface area contributed by atoms with Crippen molar-refractivity contribution in [2.45, 2.75) is 72.1 Å². The van der Waals surface area contributed by atoms with Crippen LogP contribution in [0.25, 0.3) is 0 Å². The molecule has 8 heteroatoms. The van der Waals surface area contributed by atoms with Crippen LogP contribution < -0.4 is 5.32 Å². The first-order valence-electron chi connectivity index (χ1n) is 11.6. The molecule has 2 fully saturated rings. The second kappa shape index (κ2) is 11.3. The fraction of sp³-hybridized carbons (Fsp3) is 0.708. The van der Waals surface area contributed by atoms with Crippen LogP contribution in [0, 0.1) is 17.3 Å². The van der Waals surface area contributed by atoms with Gasteiger partial charge in [-0.25, -0.2) is 4.79 Å². The van der Waals surface area contributed by atoms with Crippen LogP contribution in [0.4, 0.5) is 4.79 Å². The number of amides is 2. The maximum absolute atomic E-state index is 13.0. The average Bonchev–Trinajstić information content (AvgIpc) is 3.15. The molecule has 2 heterocycles. The van der Waals surface area contributed by atoms with Gasteiger partial charge in [0.05, 0.1) is 12.0 Å². The zero-order valence-electron chi connectivity index (χ0n) is 20.5. The number of nitrogens with zero attached hydrogens (tertiary/aromatic N) is 1. The van der Waals surface area contributed by atoms with Crippen LogP contribution in [0.5, 0.6) is 0 Å². The van der Waals surface area contributed by atoms with Gasteiger partial charge < -0.3 is 19.4 Å². The molecule has 0 spiro atoms. The van der Waals surface area contributed by atoms with E-state index in [1.165, 1.54) is 6.08 Å². The van der Waals surface area contributed by atoms with Crippen LogP contribution >= 0.6 is 0 Å². The molecule has 0 saturated carbocycles. The Balaban J connectivity index is 2.04. The van der Waals surface area contributed by atoms with E-state index in [9.17, 15) is 14.4 Å². The van der Waals surface area contributed by atoms with Gasteiger partial charge in [0.1, 0.15) is 6.61 Å². The first kappa shape index (κ1) is 26.3. The zero-order chi connectivity index (χ0) is 24.1. The van der Waals surface area contributed by atoms with Gasteiger partial charge in [-0.05, 0) is 49.8 Å². The molecule has 0 radical (unpaired) electrons. The van der Waals surface area contributed by atoms with Gasteiger partial charge in [0.25, 0.3) is 0 Å². The number of ether oxygens (including phenoxy) is 1. The topological polar surface area (TPSA) is 84.9 Å². The van der Waals surface area contributed by atoms with Gasteiger partial charge in [0, 0.05) is 25.6 Å². The number of carbonyl (C=O) groups excluding carboxylic acids is 3. The van der Waals surface area contributed by atoms with Crippen molar-refractivity contribution in [2.24, 2.45) is 17.3 Å².